The summed E-state index contributed by atoms with van der Waals surface area (Å²) in [6.07, 6.45) is 3.40. The second-order valence-corrected chi connectivity index (χ2v) is 8.53. The molecule has 2 aromatic heterocycles. The highest BCUT2D eigenvalue weighted by molar-refractivity contribution is 7.98. The third-order valence-electron chi connectivity index (χ3n) is 4.96. The summed E-state index contributed by atoms with van der Waals surface area (Å²) in [5.41, 5.74) is 4.56. The average Bonchev–Trinajstić information content (AvgIpc) is 3.11. The quantitative estimate of drug-likeness (QED) is 0.383. The summed E-state index contributed by atoms with van der Waals surface area (Å²) in [5.74, 6) is 0.666. The summed E-state index contributed by atoms with van der Waals surface area (Å²) in [4.78, 5) is 21.6. The first-order valence-electron chi connectivity index (χ1n) is 10.1. The molecular weight excluding hydrogens is 411 g/mol. The molecule has 5 nitrogen and oxygen atoms in total. The van der Waals surface area contributed by atoms with Gasteiger partial charge in [-0.2, -0.15) is 0 Å². The van der Waals surface area contributed by atoms with E-state index in [1.165, 1.54) is 29.5 Å². The highest BCUT2D eigenvalue weighted by atomic mass is 32.2. The molecule has 0 radical (unpaired) electrons. The fraction of sp³-hybridized carbons (Fsp3) is 0.208. The van der Waals surface area contributed by atoms with E-state index in [9.17, 15) is 9.18 Å². The predicted molar refractivity (Wildman–Crippen MR) is 123 cm³/mol. The predicted octanol–water partition coefficient (Wildman–Crippen LogP) is 5.62. The standard InChI is InChI=1S/C24H23FN4OS/c1-16(2)18-5-9-20(10-6-18)27-23(30)14-29-22-13-26-12-11-21(22)28-24(29)31-15-17-3-7-19(25)8-4-17/h3-13,16H,14-15H2,1-2H3,(H,27,30). The molecule has 0 atom stereocenters. The number of hydrogen-bond acceptors (Lipinski definition) is 4. The molecule has 0 bridgehead atoms. The smallest absolute Gasteiger partial charge is 0.244 e. The minimum Gasteiger partial charge on any atom is -0.325 e. The number of aromatic nitrogens is 3. The van der Waals surface area contributed by atoms with Crippen molar-refractivity contribution in [3.05, 3.63) is 83.9 Å². The molecule has 7 heteroatoms. The molecule has 2 heterocycles. The van der Waals surface area contributed by atoms with Gasteiger partial charge in [0.15, 0.2) is 5.16 Å². The van der Waals surface area contributed by atoms with E-state index in [1.54, 1.807) is 24.5 Å². The van der Waals surface area contributed by atoms with E-state index < -0.39 is 0 Å². The second-order valence-electron chi connectivity index (χ2n) is 7.58. The number of benzene rings is 2. The zero-order chi connectivity index (χ0) is 21.8. The SMILES string of the molecule is CC(C)c1ccc(NC(=O)Cn2c(SCc3ccc(F)cc3)nc3ccncc32)cc1. The Hall–Kier alpha value is -3.19. The van der Waals surface area contributed by atoms with Gasteiger partial charge in [-0.05, 0) is 47.4 Å². The molecule has 0 aliphatic rings. The van der Waals surface area contributed by atoms with Gasteiger partial charge < -0.3 is 9.88 Å². The van der Waals surface area contributed by atoms with Gasteiger partial charge in [-0.25, -0.2) is 9.37 Å². The maximum Gasteiger partial charge on any atom is 0.244 e. The van der Waals surface area contributed by atoms with Crippen LogP contribution in [0.1, 0.15) is 30.9 Å². The Morgan fingerprint density at radius 3 is 2.55 bits per heavy atom. The molecule has 0 spiro atoms. The number of amides is 1. The first-order valence-corrected chi connectivity index (χ1v) is 11.1. The Bertz CT molecular complexity index is 1190. The minimum atomic E-state index is -0.259. The van der Waals surface area contributed by atoms with Crippen LogP contribution in [-0.2, 0) is 17.1 Å². The van der Waals surface area contributed by atoms with Crippen LogP contribution in [0.25, 0.3) is 11.0 Å². The number of rotatable bonds is 7. The van der Waals surface area contributed by atoms with Crippen molar-refractivity contribution in [2.75, 3.05) is 5.32 Å². The fourth-order valence-electron chi connectivity index (χ4n) is 3.23. The van der Waals surface area contributed by atoms with Crippen molar-refractivity contribution >= 4 is 34.4 Å². The maximum atomic E-state index is 13.2. The monoisotopic (exact) mass is 434 g/mol. The summed E-state index contributed by atoms with van der Waals surface area (Å²) >= 11 is 1.51. The third kappa shape index (κ3) is 5.11. The summed E-state index contributed by atoms with van der Waals surface area (Å²) in [5, 5.41) is 3.68. The number of fused-ring (bicyclic) bond motifs is 1. The molecule has 4 rings (SSSR count). The van der Waals surface area contributed by atoms with Crippen molar-refractivity contribution in [3.8, 4) is 0 Å². The Labute approximate surface area is 184 Å². The number of halogens is 1. The van der Waals surface area contributed by atoms with Crippen LogP contribution in [0, 0.1) is 5.82 Å². The van der Waals surface area contributed by atoms with E-state index in [1.807, 2.05) is 34.9 Å². The van der Waals surface area contributed by atoms with Gasteiger partial charge in [-0.1, -0.05) is 49.9 Å². The van der Waals surface area contributed by atoms with E-state index in [0.717, 1.165) is 27.4 Å². The topological polar surface area (TPSA) is 59.8 Å². The van der Waals surface area contributed by atoms with Crippen molar-refractivity contribution < 1.29 is 9.18 Å². The van der Waals surface area contributed by atoms with Gasteiger partial charge in [0.1, 0.15) is 12.4 Å². The van der Waals surface area contributed by atoms with Crippen molar-refractivity contribution in [3.63, 3.8) is 0 Å². The number of pyridine rings is 1. The normalized spacial score (nSPS) is 11.2. The van der Waals surface area contributed by atoms with Crippen LogP contribution in [-0.4, -0.2) is 20.4 Å². The summed E-state index contributed by atoms with van der Waals surface area (Å²) < 4.78 is 15.0. The van der Waals surface area contributed by atoms with Gasteiger partial charge >= 0.3 is 0 Å². The van der Waals surface area contributed by atoms with Gasteiger partial charge in [-0.3, -0.25) is 9.78 Å². The van der Waals surface area contributed by atoms with E-state index in [2.05, 4.69) is 29.1 Å². The number of carbonyl (C=O) groups is 1. The molecule has 31 heavy (non-hydrogen) atoms. The van der Waals surface area contributed by atoms with E-state index in [0.29, 0.717) is 11.7 Å². The molecule has 0 saturated carbocycles. The van der Waals surface area contributed by atoms with Gasteiger partial charge in [0, 0.05) is 17.6 Å². The summed E-state index contributed by atoms with van der Waals surface area (Å²) in [6, 6.07) is 16.1. The van der Waals surface area contributed by atoms with Crippen LogP contribution in [0.15, 0.2) is 72.1 Å². The molecule has 158 valence electrons. The first kappa shape index (κ1) is 21.1. The van der Waals surface area contributed by atoms with Gasteiger partial charge in [-0.15, -0.1) is 0 Å². The molecule has 0 aliphatic heterocycles. The number of hydrogen-bond donors (Lipinski definition) is 1. The van der Waals surface area contributed by atoms with Crippen LogP contribution in [0.2, 0.25) is 0 Å². The largest absolute Gasteiger partial charge is 0.325 e. The van der Waals surface area contributed by atoms with Crippen LogP contribution in [0.3, 0.4) is 0 Å². The van der Waals surface area contributed by atoms with Crippen molar-refractivity contribution in [2.45, 2.75) is 37.2 Å². The summed E-state index contributed by atoms with van der Waals surface area (Å²) in [7, 11) is 0. The highest BCUT2D eigenvalue weighted by Crippen LogP contribution is 2.27. The fourth-order valence-corrected chi connectivity index (χ4v) is 4.20. The lowest BCUT2D eigenvalue weighted by molar-refractivity contribution is -0.116. The number of nitrogens with one attached hydrogen (secondary N) is 1. The zero-order valence-electron chi connectivity index (χ0n) is 17.4. The molecule has 4 aromatic rings. The number of anilines is 1. The lowest BCUT2D eigenvalue weighted by atomic mass is 10.0. The molecule has 0 fully saturated rings. The Kier molecular flexibility index (Phi) is 6.32. The van der Waals surface area contributed by atoms with E-state index in [4.69, 9.17) is 0 Å². The van der Waals surface area contributed by atoms with Crippen molar-refractivity contribution in [1.82, 2.24) is 14.5 Å². The molecule has 0 aliphatic carbocycles. The molecule has 0 unspecified atom stereocenters. The highest BCUT2D eigenvalue weighted by Gasteiger charge is 2.15. The second kappa shape index (κ2) is 9.31. The Balaban J connectivity index is 1.52. The van der Waals surface area contributed by atoms with Gasteiger partial charge in [0.25, 0.3) is 0 Å². The molecule has 0 saturated heterocycles. The minimum absolute atomic E-state index is 0.125. The third-order valence-corrected chi connectivity index (χ3v) is 6.01. The average molecular weight is 435 g/mol. The Morgan fingerprint density at radius 1 is 1.10 bits per heavy atom. The molecular formula is C24H23FN4OS. The number of carbonyl (C=O) groups excluding carboxylic acids is 1. The zero-order valence-corrected chi connectivity index (χ0v) is 18.2. The maximum absolute atomic E-state index is 13.2. The number of nitrogens with zero attached hydrogens (tertiary/aromatic N) is 3. The van der Waals surface area contributed by atoms with Crippen LogP contribution >= 0.6 is 11.8 Å². The molecule has 1 N–H and O–H groups in total. The Morgan fingerprint density at radius 2 is 1.84 bits per heavy atom. The van der Waals surface area contributed by atoms with Gasteiger partial charge in [0.2, 0.25) is 5.91 Å². The van der Waals surface area contributed by atoms with Crippen LogP contribution < -0.4 is 5.32 Å². The lowest BCUT2D eigenvalue weighted by Crippen LogP contribution is -2.19. The van der Waals surface area contributed by atoms with Gasteiger partial charge in [0.05, 0.1) is 17.2 Å². The summed E-state index contributed by atoms with van der Waals surface area (Å²) in [6.45, 7) is 4.40. The number of imidazole rings is 1. The van der Waals surface area contributed by atoms with E-state index >= 15 is 0 Å². The first-order chi connectivity index (χ1) is 15.0. The van der Waals surface area contributed by atoms with E-state index in [-0.39, 0.29) is 18.3 Å². The van der Waals surface area contributed by atoms with Crippen LogP contribution in [0.5, 0.6) is 0 Å². The van der Waals surface area contributed by atoms with Crippen LogP contribution in [0.4, 0.5) is 10.1 Å². The van der Waals surface area contributed by atoms with Crippen molar-refractivity contribution in [1.29, 1.82) is 0 Å². The van der Waals surface area contributed by atoms with Crippen molar-refractivity contribution in [2.24, 2.45) is 0 Å². The molecule has 1 amide bonds. The lowest BCUT2D eigenvalue weighted by Gasteiger charge is -2.11. The molecule has 2 aromatic carbocycles. The number of thioether (sulfide) groups is 1.